The van der Waals surface area contributed by atoms with Gasteiger partial charge in [0.05, 0.1) is 11.2 Å². The molecule has 6 rings (SSSR count). The molecule has 0 unspecified atom stereocenters. The molecule has 8 heteroatoms. The highest BCUT2D eigenvalue weighted by molar-refractivity contribution is 5.97. The van der Waals surface area contributed by atoms with E-state index in [1.54, 1.807) is 28.0 Å². The molecule has 37 heavy (non-hydrogen) atoms. The number of piperazine rings is 1. The molecule has 0 bridgehead atoms. The lowest BCUT2D eigenvalue weighted by Gasteiger charge is -2.49. The molecule has 3 aromatic rings. The van der Waals surface area contributed by atoms with Gasteiger partial charge in [0, 0.05) is 36.8 Å². The van der Waals surface area contributed by atoms with Gasteiger partial charge in [-0.3, -0.25) is 9.59 Å². The largest absolute Gasteiger partial charge is 0.449 e. The molecule has 1 N–H and O–H groups in total. The smallest absolute Gasteiger partial charge is 0.290 e. The van der Waals surface area contributed by atoms with Crippen LogP contribution in [0.15, 0.2) is 40.8 Å². The van der Waals surface area contributed by atoms with Crippen LogP contribution in [0, 0.1) is 5.82 Å². The number of carbonyl (C=O) groups excluding carboxylic acids is 2. The quantitative estimate of drug-likeness (QED) is 0.557. The second-order valence-electron chi connectivity index (χ2n) is 11.8. The molecule has 1 aliphatic heterocycles. The van der Waals surface area contributed by atoms with E-state index in [1.165, 1.54) is 12.1 Å². The normalized spacial score (nSPS) is 21.5. The molecule has 194 valence electrons. The topological polar surface area (TPSA) is 86.9 Å². The molecule has 7 nitrogen and oxygen atoms in total. The fourth-order valence-corrected chi connectivity index (χ4v) is 5.66. The predicted octanol–water partition coefficient (Wildman–Crippen LogP) is 4.66. The average Bonchev–Trinajstić information content (AvgIpc) is 3.44. The van der Waals surface area contributed by atoms with Crippen LogP contribution in [0.3, 0.4) is 0 Å². The van der Waals surface area contributed by atoms with Gasteiger partial charge in [-0.05, 0) is 81.7 Å². The molecule has 3 fully saturated rings. The fourth-order valence-electron chi connectivity index (χ4n) is 5.66. The number of aromatic nitrogens is 1. The first-order chi connectivity index (χ1) is 17.5. The maximum absolute atomic E-state index is 13.7. The van der Waals surface area contributed by atoms with Crippen molar-refractivity contribution in [3.63, 3.8) is 0 Å². The molecule has 2 saturated carbocycles. The number of rotatable bonds is 4. The minimum Gasteiger partial charge on any atom is -0.449 e. The van der Waals surface area contributed by atoms with E-state index >= 15 is 0 Å². The number of hydrogen-bond acceptors (Lipinski definition) is 5. The van der Waals surface area contributed by atoms with Crippen LogP contribution in [-0.4, -0.2) is 62.5 Å². The van der Waals surface area contributed by atoms with Gasteiger partial charge in [0.1, 0.15) is 16.9 Å². The van der Waals surface area contributed by atoms with Crippen LogP contribution < -0.4 is 0 Å². The highest BCUT2D eigenvalue weighted by Gasteiger charge is 2.48. The minimum absolute atomic E-state index is 0.0405. The summed E-state index contributed by atoms with van der Waals surface area (Å²) in [6.45, 7) is 7.10. The van der Waals surface area contributed by atoms with Crippen molar-refractivity contribution in [1.29, 1.82) is 0 Å². The van der Waals surface area contributed by atoms with E-state index in [2.05, 4.69) is 6.92 Å². The Morgan fingerprint density at radius 3 is 2.32 bits per heavy atom. The monoisotopic (exact) mass is 505 g/mol. The maximum atomic E-state index is 13.7. The van der Waals surface area contributed by atoms with Crippen molar-refractivity contribution < 1.29 is 23.5 Å². The van der Waals surface area contributed by atoms with Gasteiger partial charge >= 0.3 is 0 Å². The van der Waals surface area contributed by atoms with E-state index in [-0.39, 0.29) is 28.8 Å². The molecule has 2 aliphatic carbocycles. The third-order valence-corrected chi connectivity index (χ3v) is 8.49. The zero-order valence-corrected chi connectivity index (χ0v) is 21.5. The first-order valence-corrected chi connectivity index (χ1v) is 13.0. The number of aliphatic hydroxyl groups is 1. The van der Waals surface area contributed by atoms with E-state index in [0.717, 1.165) is 36.1 Å². The zero-order chi connectivity index (χ0) is 26.2. The van der Waals surface area contributed by atoms with Gasteiger partial charge in [-0.15, -0.1) is 0 Å². The number of fused-ring (bicyclic) bond motifs is 1. The van der Waals surface area contributed by atoms with E-state index in [0.29, 0.717) is 43.6 Å². The number of furan rings is 1. The lowest BCUT2D eigenvalue weighted by Crippen LogP contribution is -2.65. The predicted molar refractivity (Wildman–Crippen MR) is 136 cm³/mol. The van der Waals surface area contributed by atoms with Gasteiger partial charge in [-0.1, -0.05) is 6.92 Å². The van der Waals surface area contributed by atoms with Crippen LogP contribution in [0.2, 0.25) is 0 Å². The van der Waals surface area contributed by atoms with Gasteiger partial charge in [0.15, 0.2) is 11.3 Å². The molecule has 3 aliphatic rings. The Balaban J connectivity index is 1.31. The SMILES string of the molecule is CC1(c2cc(-c3ccc(F)cc3)nc3cc(C(=O)N4CCN(C(=O)C5(O)CCC5)CC4(C)C)oc23)CC1. The molecular weight excluding hydrogens is 473 g/mol. The van der Waals surface area contributed by atoms with Crippen LogP contribution in [0.4, 0.5) is 4.39 Å². The van der Waals surface area contributed by atoms with Gasteiger partial charge < -0.3 is 19.3 Å². The summed E-state index contributed by atoms with van der Waals surface area (Å²) in [6.07, 6.45) is 3.90. The second-order valence-corrected chi connectivity index (χ2v) is 11.8. The highest BCUT2D eigenvalue weighted by atomic mass is 19.1. The van der Waals surface area contributed by atoms with Crippen molar-refractivity contribution in [2.45, 2.75) is 69.4 Å². The van der Waals surface area contributed by atoms with E-state index in [1.807, 2.05) is 19.9 Å². The van der Waals surface area contributed by atoms with Crippen LogP contribution >= 0.6 is 0 Å². The van der Waals surface area contributed by atoms with Crippen molar-refractivity contribution in [2.24, 2.45) is 0 Å². The second kappa shape index (κ2) is 8.12. The first-order valence-electron chi connectivity index (χ1n) is 13.0. The Labute approximate surface area is 215 Å². The summed E-state index contributed by atoms with van der Waals surface area (Å²) < 4.78 is 19.7. The van der Waals surface area contributed by atoms with Crippen molar-refractivity contribution in [3.05, 3.63) is 53.5 Å². The number of nitrogens with zero attached hydrogens (tertiary/aromatic N) is 3. The summed E-state index contributed by atoms with van der Waals surface area (Å²) in [5, 5.41) is 10.5. The van der Waals surface area contributed by atoms with E-state index in [4.69, 9.17) is 9.40 Å². The summed E-state index contributed by atoms with van der Waals surface area (Å²) >= 11 is 0. The number of pyridine rings is 1. The van der Waals surface area contributed by atoms with E-state index in [9.17, 15) is 19.1 Å². The van der Waals surface area contributed by atoms with E-state index < -0.39 is 11.1 Å². The molecule has 2 amide bonds. The Bertz CT molecular complexity index is 1400. The van der Waals surface area contributed by atoms with Crippen LogP contribution in [-0.2, 0) is 10.2 Å². The molecule has 0 atom stereocenters. The molecule has 2 aromatic heterocycles. The molecule has 0 spiro atoms. The number of benzene rings is 1. The lowest BCUT2D eigenvalue weighted by atomic mass is 9.78. The standard InChI is InChI=1S/C29H32FN3O4/c1-27(2)17-32(26(35)29(36)9-4-10-29)13-14-33(27)25(34)23-16-22-24(37-23)20(28(3)11-12-28)15-21(31-22)18-5-7-19(30)8-6-18/h5-8,15-16,36H,4,9-14,17H2,1-3H3. The average molecular weight is 506 g/mol. The fraction of sp³-hybridized carbons (Fsp3) is 0.483. The van der Waals surface area contributed by atoms with Gasteiger partial charge in [0.2, 0.25) is 0 Å². The van der Waals surface area contributed by atoms with Gasteiger partial charge in [0.25, 0.3) is 11.8 Å². The molecule has 3 heterocycles. The number of hydrogen-bond donors (Lipinski definition) is 1. The van der Waals surface area contributed by atoms with Crippen molar-refractivity contribution >= 4 is 22.9 Å². The molecule has 1 aromatic carbocycles. The molecular formula is C29H32FN3O4. The third kappa shape index (κ3) is 4.02. The van der Waals surface area contributed by atoms with Crippen LogP contribution in [0.1, 0.15) is 69.0 Å². The zero-order valence-electron chi connectivity index (χ0n) is 21.5. The summed E-state index contributed by atoms with van der Waals surface area (Å²) in [5.74, 6) is -0.563. The van der Waals surface area contributed by atoms with Crippen molar-refractivity contribution in [1.82, 2.24) is 14.8 Å². The number of amides is 2. The maximum Gasteiger partial charge on any atom is 0.290 e. The third-order valence-electron chi connectivity index (χ3n) is 8.49. The summed E-state index contributed by atoms with van der Waals surface area (Å²) in [7, 11) is 0. The minimum atomic E-state index is -1.25. The summed E-state index contributed by atoms with van der Waals surface area (Å²) in [6, 6.07) is 9.95. The molecule has 0 radical (unpaired) electrons. The highest BCUT2D eigenvalue weighted by Crippen LogP contribution is 2.50. The van der Waals surface area contributed by atoms with Crippen LogP contribution in [0.25, 0.3) is 22.4 Å². The Morgan fingerprint density at radius 1 is 1.03 bits per heavy atom. The lowest BCUT2D eigenvalue weighted by molar-refractivity contribution is -0.164. The number of halogens is 1. The molecule has 1 saturated heterocycles. The van der Waals surface area contributed by atoms with Gasteiger partial charge in [-0.25, -0.2) is 9.37 Å². The first kappa shape index (κ1) is 24.1. The number of carbonyl (C=O) groups is 2. The summed E-state index contributed by atoms with van der Waals surface area (Å²) in [4.78, 5) is 34.8. The Morgan fingerprint density at radius 2 is 1.73 bits per heavy atom. The van der Waals surface area contributed by atoms with Crippen LogP contribution in [0.5, 0.6) is 0 Å². The van der Waals surface area contributed by atoms with Gasteiger partial charge in [-0.2, -0.15) is 0 Å². The van der Waals surface area contributed by atoms with Crippen molar-refractivity contribution in [2.75, 3.05) is 19.6 Å². The summed E-state index contributed by atoms with van der Waals surface area (Å²) in [5.41, 5.74) is 1.84. The Kier molecular flexibility index (Phi) is 5.29. The van der Waals surface area contributed by atoms with Crippen molar-refractivity contribution in [3.8, 4) is 11.3 Å². The Hall–Kier alpha value is -3.26.